The van der Waals surface area contributed by atoms with Crippen LogP contribution in [-0.2, 0) is 4.74 Å². The Bertz CT molecular complexity index is 1750. The number of rotatable bonds is 7. The molecule has 7 rings (SSSR count). The van der Waals surface area contributed by atoms with E-state index < -0.39 is 11.6 Å². The summed E-state index contributed by atoms with van der Waals surface area (Å²) in [7, 11) is 1.77. The summed E-state index contributed by atoms with van der Waals surface area (Å²) in [6.45, 7) is 2.44. The van der Waals surface area contributed by atoms with E-state index in [0.717, 1.165) is 38.8 Å². The number of halogens is 2. The Morgan fingerprint density at radius 3 is 2.74 bits per heavy atom. The summed E-state index contributed by atoms with van der Waals surface area (Å²) in [4.78, 5) is 15.9. The van der Waals surface area contributed by atoms with Crippen molar-refractivity contribution in [2.45, 2.75) is 57.0 Å². The van der Waals surface area contributed by atoms with Crippen LogP contribution in [0.5, 0.6) is 11.8 Å². The van der Waals surface area contributed by atoms with Gasteiger partial charge in [0, 0.05) is 59.9 Å². The SMILES string of the molecule is C#Cc1c(F)ccc2cc(O)cc(-c3ncc4cnc(OC[C@]56CCC[C@H]5N(C5CC(COC)C5)CCC6)nc4c3F)c12. The molecule has 2 saturated carbocycles. The van der Waals surface area contributed by atoms with Gasteiger partial charge in [0.25, 0.3) is 0 Å². The van der Waals surface area contributed by atoms with Crippen molar-refractivity contribution in [3.05, 3.63) is 53.9 Å². The number of benzene rings is 2. The molecule has 0 radical (unpaired) electrons. The molecule has 1 aliphatic heterocycles. The molecule has 1 saturated heterocycles. The number of nitrogens with zero attached hydrogens (tertiary/aromatic N) is 4. The lowest BCUT2D eigenvalue weighted by molar-refractivity contribution is -0.0623. The molecule has 2 aromatic carbocycles. The number of ether oxygens (including phenoxy) is 2. The Kier molecular flexibility index (Phi) is 7.15. The van der Waals surface area contributed by atoms with Gasteiger partial charge in [-0.25, -0.2) is 13.8 Å². The van der Waals surface area contributed by atoms with Crippen LogP contribution in [0.1, 0.15) is 50.5 Å². The van der Waals surface area contributed by atoms with E-state index in [4.69, 9.17) is 15.9 Å². The molecule has 3 heterocycles. The standard InChI is InChI=1S/C34H34F2N4O3/c1-3-25-27(35)8-7-21-14-24(41)15-26(29(21)25)32-30(36)31-22(16-37-32)17-38-33(39-31)43-19-34-9-4-6-28(34)40(11-5-10-34)23-12-20(13-23)18-42-2/h1,7-8,14-17,20,23,28,41H,4-6,9-13,18-19H2,2H3/t20?,23?,28-,34-/m1/s1. The molecule has 1 N–H and O–H groups in total. The third-order valence-corrected chi connectivity index (χ3v) is 9.92. The second-order valence-corrected chi connectivity index (χ2v) is 12.4. The van der Waals surface area contributed by atoms with E-state index in [9.17, 15) is 9.50 Å². The molecule has 4 aromatic rings. The number of aromatic nitrogens is 3. The lowest BCUT2D eigenvalue weighted by Crippen LogP contribution is -2.58. The van der Waals surface area contributed by atoms with Crippen molar-refractivity contribution in [3.8, 4) is 35.4 Å². The normalized spacial score (nSPS) is 25.4. The Labute approximate surface area is 249 Å². The molecule has 0 unspecified atom stereocenters. The zero-order valence-electron chi connectivity index (χ0n) is 24.2. The summed E-state index contributed by atoms with van der Waals surface area (Å²) >= 11 is 0. The second-order valence-electron chi connectivity index (χ2n) is 12.4. The highest BCUT2D eigenvalue weighted by atomic mass is 19.1. The molecule has 43 heavy (non-hydrogen) atoms. The highest BCUT2D eigenvalue weighted by Crippen LogP contribution is 2.50. The summed E-state index contributed by atoms with van der Waals surface area (Å²) in [5, 5.41) is 11.5. The highest BCUT2D eigenvalue weighted by Gasteiger charge is 2.51. The number of terminal acetylenes is 1. The predicted octanol–water partition coefficient (Wildman–Crippen LogP) is 6.25. The van der Waals surface area contributed by atoms with Crippen LogP contribution in [0.3, 0.4) is 0 Å². The minimum absolute atomic E-state index is 0.0245. The number of fused-ring (bicyclic) bond motifs is 3. The van der Waals surface area contributed by atoms with Crippen molar-refractivity contribution in [3.63, 3.8) is 0 Å². The van der Waals surface area contributed by atoms with Gasteiger partial charge in [-0.1, -0.05) is 18.4 Å². The molecule has 9 heteroatoms. The number of pyridine rings is 1. The quantitative estimate of drug-likeness (QED) is 0.257. The molecule has 0 bridgehead atoms. The molecule has 2 atom stereocenters. The van der Waals surface area contributed by atoms with E-state index in [1.807, 2.05) is 0 Å². The smallest absolute Gasteiger partial charge is 0.317 e. The van der Waals surface area contributed by atoms with Gasteiger partial charge in [0.15, 0.2) is 5.82 Å². The van der Waals surface area contributed by atoms with E-state index in [-0.39, 0.29) is 39.5 Å². The first-order valence-corrected chi connectivity index (χ1v) is 15.0. The first-order valence-electron chi connectivity index (χ1n) is 15.0. The Balaban J connectivity index is 1.18. The van der Waals surface area contributed by atoms with Gasteiger partial charge in [-0.05, 0) is 74.6 Å². The fourth-order valence-corrected chi connectivity index (χ4v) is 7.89. The van der Waals surface area contributed by atoms with Gasteiger partial charge in [-0.3, -0.25) is 9.88 Å². The topological polar surface area (TPSA) is 80.6 Å². The van der Waals surface area contributed by atoms with Gasteiger partial charge in [-0.15, -0.1) is 6.42 Å². The molecule has 3 aliphatic rings. The van der Waals surface area contributed by atoms with Crippen molar-refractivity contribution < 1.29 is 23.4 Å². The minimum atomic E-state index is -0.722. The first-order chi connectivity index (χ1) is 20.9. The van der Waals surface area contributed by atoms with Crippen LogP contribution in [0.2, 0.25) is 0 Å². The van der Waals surface area contributed by atoms with E-state index >= 15 is 4.39 Å². The van der Waals surface area contributed by atoms with Gasteiger partial charge < -0.3 is 14.6 Å². The Hall–Kier alpha value is -3.87. The predicted molar refractivity (Wildman–Crippen MR) is 160 cm³/mol. The van der Waals surface area contributed by atoms with Crippen LogP contribution >= 0.6 is 0 Å². The number of aromatic hydroxyl groups is 1. The maximum Gasteiger partial charge on any atom is 0.317 e. The molecule has 0 spiro atoms. The summed E-state index contributed by atoms with van der Waals surface area (Å²) in [5.74, 6) is 1.56. The summed E-state index contributed by atoms with van der Waals surface area (Å²) < 4.78 is 42.4. The van der Waals surface area contributed by atoms with E-state index in [1.54, 1.807) is 7.11 Å². The number of likely N-dealkylation sites (tertiary alicyclic amines) is 1. The van der Waals surface area contributed by atoms with Crippen molar-refractivity contribution >= 4 is 21.7 Å². The zero-order valence-corrected chi connectivity index (χ0v) is 24.2. The number of methoxy groups -OCH3 is 1. The molecule has 2 aromatic heterocycles. The van der Waals surface area contributed by atoms with Crippen LogP contribution in [0.25, 0.3) is 32.9 Å². The van der Waals surface area contributed by atoms with Gasteiger partial charge in [0.1, 0.15) is 22.8 Å². The van der Waals surface area contributed by atoms with E-state index in [2.05, 4.69) is 25.8 Å². The number of piperidine rings is 1. The number of phenolic OH excluding ortho intramolecular Hbond substituents is 1. The van der Waals surface area contributed by atoms with Crippen LogP contribution in [0.15, 0.2) is 36.7 Å². The minimum Gasteiger partial charge on any atom is -0.508 e. The number of hydrogen-bond donors (Lipinski definition) is 1. The third-order valence-electron chi connectivity index (χ3n) is 9.92. The van der Waals surface area contributed by atoms with Crippen LogP contribution in [-0.4, -0.2) is 63.9 Å². The van der Waals surface area contributed by atoms with Gasteiger partial charge >= 0.3 is 6.01 Å². The molecule has 222 valence electrons. The molecule has 0 amide bonds. The van der Waals surface area contributed by atoms with Gasteiger partial charge in [0.2, 0.25) is 0 Å². The monoisotopic (exact) mass is 584 g/mol. The first kappa shape index (κ1) is 27.9. The lowest BCUT2D eigenvalue weighted by atomic mass is 9.71. The van der Waals surface area contributed by atoms with Gasteiger partial charge in [0.05, 0.1) is 12.2 Å². The van der Waals surface area contributed by atoms with E-state index in [1.165, 1.54) is 55.9 Å². The average molecular weight is 585 g/mol. The second kappa shape index (κ2) is 11.0. The summed E-state index contributed by atoms with van der Waals surface area (Å²) in [6, 6.07) is 6.70. The van der Waals surface area contributed by atoms with Crippen molar-refractivity contribution in [1.29, 1.82) is 0 Å². The third kappa shape index (κ3) is 4.77. The summed E-state index contributed by atoms with van der Waals surface area (Å²) in [5.41, 5.74) is 0.130. The average Bonchev–Trinajstić information content (AvgIpc) is 3.43. The molecule has 2 aliphatic carbocycles. The van der Waals surface area contributed by atoms with E-state index in [0.29, 0.717) is 40.8 Å². The lowest BCUT2D eigenvalue weighted by Gasteiger charge is -2.53. The molecule has 7 nitrogen and oxygen atoms in total. The highest BCUT2D eigenvalue weighted by molar-refractivity contribution is 6.02. The maximum atomic E-state index is 16.2. The van der Waals surface area contributed by atoms with Crippen molar-refractivity contribution in [2.24, 2.45) is 11.3 Å². The maximum absolute atomic E-state index is 16.2. The molecular weight excluding hydrogens is 550 g/mol. The van der Waals surface area contributed by atoms with Crippen LogP contribution < -0.4 is 4.74 Å². The fraction of sp³-hybridized carbons (Fsp3) is 0.441. The Morgan fingerprint density at radius 2 is 1.93 bits per heavy atom. The zero-order chi connectivity index (χ0) is 29.7. The Morgan fingerprint density at radius 1 is 1.12 bits per heavy atom. The summed E-state index contributed by atoms with van der Waals surface area (Å²) in [6.07, 6.45) is 16.6. The molecule has 3 fully saturated rings. The fourth-order valence-electron chi connectivity index (χ4n) is 7.89. The van der Waals surface area contributed by atoms with Crippen LogP contribution in [0.4, 0.5) is 8.78 Å². The number of phenols is 1. The van der Waals surface area contributed by atoms with Crippen molar-refractivity contribution in [1.82, 2.24) is 19.9 Å². The van der Waals surface area contributed by atoms with Crippen LogP contribution in [0, 0.1) is 35.3 Å². The van der Waals surface area contributed by atoms with Gasteiger partial charge in [-0.2, -0.15) is 4.98 Å². The molecular formula is C34H34F2N4O3. The largest absolute Gasteiger partial charge is 0.508 e. The number of hydrogen-bond acceptors (Lipinski definition) is 7. The van der Waals surface area contributed by atoms with Crippen molar-refractivity contribution in [2.75, 3.05) is 26.9 Å².